The minimum atomic E-state index is -1.08. The van der Waals surface area contributed by atoms with Crippen LogP contribution in [0.3, 0.4) is 0 Å². The number of hydrogen-bond donors (Lipinski definition) is 3. The number of aliphatic hydroxyl groups is 1. The van der Waals surface area contributed by atoms with Gasteiger partial charge < -0.3 is 25.4 Å². The summed E-state index contributed by atoms with van der Waals surface area (Å²) in [7, 11) is 0. The normalized spacial score (nSPS) is 12.7. The SMILES string of the molecule is Cc1cc(C)cc(C(C(=O)Nc2ccccc2C)N(CCO)C(=O)C(Cc2ccccc2)NC(=O)OC(C)(C)C)c1. The number of para-hydroxylation sites is 1. The number of nitrogens with one attached hydrogen (secondary N) is 2. The largest absolute Gasteiger partial charge is 0.444 e. The molecule has 3 aromatic rings. The van der Waals surface area contributed by atoms with Gasteiger partial charge in [-0.15, -0.1) is 0 Å². The Hall–Kier alpha value is -4.17. The molecule has 0 heterocycles. The fourth-order valence-electron chi connectivity index (χ4n) is 4.73. The van der Waals surface area contributed by atoms with Crippen LogP contribution >= 0.6 is 0 Å². The minimum absolute atomic E-state index is 0.126. The van der Waals surface area contributed by atoms with Crippen LogP contribution in [-0.2, 0) is 20.7 Å². The number of anilines is 1. The maximum absolute atomic E-state index is 14.3. The zero-order chi connectivity index (χ0) is 30.2. The number of hydrogen-bond acceptors (Lipinski definition) is 5. The van der Waals surface area contributed by atoms with E-state index in [0.717, 1.165) is 22.3 Å². The van der Waals surface area contributed by atoms with Crippen molar-refractivity contribution in [2.45, 2.75) is 65.6 Å². The minimum Gasteiger partial charge on any atom is -0.444 e. The van der Waals surface area contributed by atoms with Crippen molar-refractivity contribution < 1.29 is 24.2 Å². The molecule has 0 fully saturated rings. The molecule has 2 unspecified atom stereocenters. The van der Waals surface area contributed by atoms with Crippen molar-refractivity contribution in [2.24, 2.45) is 0 Å². The van der Waals surface area contributed by atoms with Crippen molar-refractivity contribution in [1.29, 1.82) is 0 Å². The summed E-state index contributed by atoms with van der Waals surface area (Å²) in [6.07, 6.45) is -0.581. The van der Waals surface area contributed by atoms with Gasteiger partial charge in [-0.3, -0.25) is 9.59 Å². The van der Waals surface area contributed by atoms with Crippen molar-refractivity contribution in [1.82, 2.24) is 10.2 Å². The van der Waals surface area contributed by atoms with Gasteiger partial charge in [-0.05, 0) is 64.3 Å². The molecular weight excluding hydrogens is 518 g/mol. The number of amides is 3. The lowest BCUT2D eigenvalue weighted by Crippen LogP contribution is -2.54. The lowest BCUT2D eigenvalue weighted by molar-refractivity contribution is -0.141. The second-order valence-electron chi connectivity index (χ2n) is 11.3. The molecular formula is C33H41N3O5. The smallest absolute Gasteiger partial charge is 0.408 e. The van der Waals surface area contributed by atoms with Crippen LogP contribution in [0.1, 0.15) is 54.6 Å². The first-order chi connectivity index (χ1) is 19.4. The van der Waals surface area contributed by atoms with E-state index in [4.69, 9.17) is 4.74 Å². The molecule has 0 aromatic heterocycles. The van der Waals surface area contributed by atoms with Crippen LogP contribution in [0.4, 0.5) is 10.5 Å². The van der Waals surface area contributed by atoms with Crippen molar-refractivity contribution >= 4 is 23.6 Å². The first kappa shape index (κ1) is 31.4. The molecule has 3 aromatic carbocycles. The molecule has 0 radical (unpaired) electrons. The Morgan fingerprint density at radius 3 is 2.10 bits per heavy atom. The zero-order valence-corrected chi connectivity index (χ0v) is 24.7. The monoisotopic (exact) mass is 559 g/mol. The summed E-state index contributed by atoms with van der Waals surface area (Å²) >= 11 is 0. The van der Waals surface area contributed by atoms with Crippen LogP contribution in [0.15, 0.2) is 72.8 Å². The van der Waals surface area contributed by atoms with Gasteiger partial charge in [0.2, 0.25) is 5.91 Å². The number of aryl methyl sites for hydroxylation is 3. The van der Waals surface area contributed by atoms with E-state index in [1.165, 1.54) is 4.90 Å². The van der Waals surface area contributed by atoms with Gasteiger partial charge in [-0.1, -0.05) is 77.9 Å². The topological polar surface area (TPSA) is 108 Å². The predicted octanol–water partition coefficient (Wildman–Crippen LogP) is 5.25. The molecule has 8 nitrogen and oxygen atoms in total. The summed E-state index contributed by atoms with van der Waals surface area (Å²) < 4.78 is 5.46. The van der Waals surface area contributed by atoms with Crippen molar-refractivity contribution in [3.05, 3.63) is 101 Å². The molecule has 41 heavy (non-hydrogen) atoms. The van der Waals surface area contributed by atoms with Crippen LogP contribution in [0.5, 0.6) is 0 Å². The maximum Gasteiger partial charge on any atom is 0.408 e. The van der Waals surface area contributed by atoms with Crippen molar-refractivity contribution in [3.63, 3.8) is 0 Å². The third kappa shape index (κ3) is 9.18. The van der Waals surface area contributed by atoms with Crippen molar-refractivity contribution in [3.8, 4) is 0 Å². The van der Waals surface area contributed by atoms with Crippen molar-refractivity contribution in [2.75, 3.05) is 18.5 Å². The molecule has 3 amide bonds. The van der Waals surface area contributed by atoms with E-state index in [2.05, 4.69) is 10.6 Å². The highest BCUT2D eigenvalue weighted by Crippen LogP contribution is 2.27. The molecule has 3 N–H and O–H groups in total. The molecule has 0 aliphatic heterocycles. The lowest BCUT2D eigenvalue weighted by atomic mass is 9.97. The van der Waals surface area contributed by atoms with Crippen LogP contribution in [-0.4, -0.2) is 52.7 Å². The Morgan fingerprint density at radius 2 is 1.51 bits per heavy atom. The average Bonchev–Trinajstić information content (AvgIpc) is 2.88. The summed E-state index contributed by atoms with van der Waals surface area (Å²) in [5.74, 6) is -0.945. The van der Waals surface area contributed by atoms with Gasteiger partial charge >= 0.3 is 6.09 Å². The summed E-state index contributed by atoms with van der Waals surface area (Å²) in [4.78, 5) is 42.5. The fourth-order valence-corrected chi connectivity index (χ4v) is 4.73. The number of ether oxygens (including phenoxy) is 1. The first-order valence-electron chi connectivity index (χ1n) is 13.8. The van der Waals surface area contributed by atoms with E-state index < -0.39 is 35.6 Å². The van der Waals surface area contributed by atoms with Gasteiger partial charge in [0.25, 0.3) is 5.91 Å². The number of carbonyl (C=O) groups is 3. The average molecular weight is 560 g/mol. The standard InChI is InChI=1S/C33H41N3O5/c1-22-18-23(2)20-26(19-22)29(30(38)34-27-15-11-10-12-24(27)3)36(16-17-37)31(39)28(21-25-13-8-7-9-14-25)35-32(40)41-33(4,5)6/h7-15,18-20,28-29,37H,16-17,21H2,1-6H3,(H,34,38)(H,35,40). The molecule has 0 saturated carbocycles. The maximum atomic E-state index is 14.3. The van der Waals surface area contributed by atoms with Gasteiger partial charge in [0, 0.05) is 18.7 Å². The van der Waals surface area contributed by atoms with E-state index in [0.29, 0.717) is 11.3 Å². The fraction of sp³-hybridized carbons (Fsp3) is 0.364. The first-order valence-corrected chi connectivity index (χ1v) is 13.8. The number of alkyl carbamates (subject to hydrolysis) is 1. The highest BCUT2D eigenvalue weighted by Gasteiger charge is 2.36. The van der Waals surface area contributed by atoms with Crippen LogP contribution in [0, 0.1) is 20.8 Å². The number of benzene rings is 3. The zero-order valence-electron chi connectivity index (χ0n) is 24.7. The number of aliphatic hydroxyl groups excluding tert-OH is 1. The second-order valence-corrected chi connectivity index (χ2v) is 11.3. The highest BCUT2D eigenvalue weighted by molar-refractivity contribution is 5.99. The summed E-state index contributed by atoms with van der Waals surface area (Å²) in [5.41, 5.74) is 3.99. The molecule has 3 rings (SSSR count). The Bertz CT molecular complexity index is 1330. The Balaban J connectivity index is 2.07. The molecule has 0 bridgehead atoms. The second kappa shape index (κ2) is 13.9. The van der Waals surface area contributed by atoms with Crippen LogP contribution in [0.2, 0.25) is 0 Å². The molecule has 0 aliphatic rings. The number of carbonyl (C=O) groups excluding carboxylic acids is 3. The molecule has 218 valence electrons. The number of rotatable bonds is 10. The van der Waals surface area contributed by atoms with E-state index >= 15 is 0 Å². The molecule has 0 aliphatic carbocycles. The molecule has 8 heteroatoms. The van der Waals surface area contributed by atoms with Crippen LogP contribution < -0.4 is 10.6 Å². The van der Waals surface area contributed by atoms with Gasteiger partial charge in [-0.25, -0.2) is 4.79 Å². The lowest BCUT2D eigenvalue weighted by Gasteiger charge is -2.34. The van der Waals surface area contributed by atoms with Gasteiger partial charge in [0.15, 0.2) is 0 Å². The molecule has 2 atom stereocenters. The van der Waals surface area contributed by atoms with Gasteiger partial charge in [-0.2, -0.15) is 0 Å². The predicted molar refractivity (Wildman–Crippen MR) is 161 cm³/mol. The van der Waals surface area contributed by atoms with E-state index in [1.807, 2.05) is 87.5 Å². The Morgan fingerprint density at radius 1 is 0.902 bits per heavy atom. The Labute approximate surface area is 242 Å². The quantitative estimate of drug-likeness (QED) is 0.315. The third-order valence-electron chi connectivity index (χ3n) is 6.42. The summed E-state index contributed by atoms with van der Waals surface area (Å²) in [6, 6.07) is 20.3. The third-order valence-corrected chi connectivity index (χ3v) is 6.42. The van der Waals surface area contributed by atoms with Gasteiger partial charge in [0.1, 0.15) is 17.7 Å². The highest BCUT2D eigenvalue weighted by atomic mass is 16.6. The van der Waals surface area contributed by atoms with E-state index in [1.54, 1.807) is 26.8 Å². The summed E-state index contributed by atoms with van der Waals surface area (Å²) in [5, 5.41) is 15.8. The molecule has 0 saturated heterocycles. The van der Waals surface area contributed by atoms with E-state index in [9.17, 15) is 19.5 Å². The summed E-state index contributed by atoms with van der Waals surface area (Å²) in [6.45, 7) is 10.5. The molecule has 0 spiro atoms. The Kier molecular flexibility index (Phi) is 10.7. The van der Waals surface area contributed by atoms with Gasteiger partial charge in [0.05, 0.1) is 6.61 Å². The van der Waals surface area contributed by atoms with E-state index in [-0.39, 0.29) is 19.6 Å². The number of nitrogens with zero attached hydrogens (tertiary/aromatic N) is 1. The van der Waals surface area contributed by atoms with Crippen LogP contribution in [0.25, 0.3) is 0 Å².